The third-order valence-corrected chi connectivity index (χ3v) is 3.21. The van der Waals surface area contributed by atoms with Crippen LogP contribution in [-0.2, 0) is 0 Å². The van der Waals surface area contributed by atoms with Crippen LogP contribution in [0, 0.1) is 0 Å². The van der Waals surface area contributed by atoms with E-state index in [0.29, 0.717) is 21.7 Å². The molecule has 2 heterocycles. The second-order valence-corrected chi connectivity index (χ2v) is 4.98. The molecule has 1 aromatic carbocycles. The highest BCUT2D eigenvalue weighted by Gasteiger charge is 2.15. The smallest absolute Gasteiger partial charge is 0.322 e. The van der Waals surface area contributed by atoms with Crippen LogP contribution in [0.15, 0.2) is 49.9 Å². The summed E-state index contributed by atoms with van der Waals surface area (Å²) in [5, 5.41) is 10.1. The lowest BCUT2D eigenvalue weighted by Gasteiger charge is -2.02. The molecule has 0 fully saturated rings. The summed E-state index contributed by atoms with van der Waals surface area (Å²) in [5.74, 6) is 0.888. The zero-order chi connectivity index (χ0) is 15.5. The number of carbonyl (C=O) groups is 1. The van der Waals surface area contributed by atoms with Gasteiger partial charge in [0, 0.05) is 5.56 Å². The predicted molar refractivity (Wildman–Crippen MR) is 80.6 cm³/mol. The monoisotopic (exact) mass is 363 g/mol. The van der Waals surface area contributed by atoms with Gasteiger partial charge >= 0.3 is 6.01 Å². The van der Waals surface area contributed by atoms with Gasteiger partial charge in [-0.2, -0.15) is 0 Å². The minimum Gasteiger partial charge on any atom is -0.497 e. The maximum absolute atomic E-state index is 12.1. The Kier molecular flexibility index (Phi) is 3.92. The van der Waals surface area contributed by atoms with Crippen molar-refractivity contribution >= 4 is 27.9 Å². The molecule has 0 saturated carbocycles. The lowest BCUT2D eigenvalue weighted by Crippen LogP contribution is -2.11. The average Bonchev–Trinajstić information content (AvgIpc) is 3.16. The summed E-state index contributed by atoms with van der Waals surface area (Å²) in [6, 6.07) is 10.0. The number of nitrogens with one attached hydrogen (secondary N) is 1. The Labute approximate surface area is 133 Å². The second-order valence-electron chi connectivity index (χ2n) is 4.20. The highest BCUT2D eigenvalue weighted by molar-refractivity contribution is 9.10. The summed E-state index contributed by atoms with van der Waals surface area (Å²) in [7, 11) is 1.56. The second kappa shape index (κ2) is 6.02. The lowest BCUT2D eigenvalue weighted by atomic mass is 10.2. The standard InChI is InChI=1S/C14H10BrN3O4/c1-20-9-4-2-8(3-5-9)12(19)16-14-18-17-13(22-14)10-6-7-11(15)21-10/h2-7H,1H3,(H,16,18,19). The summed E-state index contributed by atoms with van der Waals surface area (Å²) in [6.07, 6.45) is 0. The molecule has 22 heavy (non-hydrogen) atoms. The van der Waals surface area contributed by atoms with Crippen LogP contribution < -0.4 is 10.1 Å². The Morgan fingerprint density at radius 1 is 1.14 bits per heavy atom. The first-order chi connectivity index (χ1) is 10.7. The third kappa shape index (κ3) is 3.01. The Morgan fingerprint density at radius 3 is 2.55 bits per heavy atom. The number of furan rings is 1. The van der Waals surface area contributed by atoms with E-state index in [2.05, 4.69) is 31.4 Å². The topological polar surface area (TPSA) is 90.4 Å². The van der Waals surface area contributed by atoms with Crippen LogP contribution in [0.2, 0.25) is 0 Å². The van der Waals surface area contributed by atoms with Crippen molar-refractivity contribution in [3.05, 3.63) is 46.6 Å². The number of halogens is 1. The van der Waals surface area contributed by atoms with Gasteiger partial charge in [-0.15, -0.1) is 5.10 Å². The van der Waals surface area contributed by atoms with Crippen molar-refractivity contribution in [3.8, 4) is 17.4 Å². The predicted octanol–water partition coefficient (Wildman–Crippen LogP) is 3.35. The van der Waals surface area contributed by atoms with Gasteiger partial charge in [0.15, 0.2) is 10.4 Å². The van der Waals surface area contributed by atoms with E-state index in [1.807, 2.05) is 0 Å². The number of carbonyl (C=O) groups excluding carboxylic acids is 1. The molecule has 3 rings (SSSR count). The minimum atomic E-state index is -0.363. The number of nitrogens with zero attached hydrogens (tertiary/aromatic N) is 2. The maximum Gasteiger partial charge on any atom is 0.322 e. The number of ether oxygens (including phenoxy) is 1. The molecule has 0 bridgehead atoms. The van der Waals surface area contributed by atoms with Crippen molar-refractivity contribution in [1.82, 2.24) is 10.2 Å². The number of aromatic nitrogens is 2. The van der Waals surface area contributed by atoms with Crippen LogP contribution >= 0.6 is 15.9 Å². The zero-order valence-corrected chi connectivity index (χ0v) is 13.0. The number of amides is 1. The van der Waals surface area contributed by atoms with Crippen molar-refractivity contribution in [3.63, 3.8) is 0 Å². The highest BCUT2D eigenvalue weighted by Crippen LogP contribution is 2.25. The normalized spacial score (nSPS) is 10.5. The molecule has 0 aliphatic carbocycles. The largest absolute Gasteiger partial charge is 0.497 e. The molecule has 112 valence electrons. The van der Waals surface area contributed by atoms with Crippen molar-refractivity contribution in [2.75, 3.05) is 12.4 Å². The van der Waals surface area contributed by atoms with E-state index in [1.165, 1.54) is 0 Å². The van der Waals surface area contributed by atoms with Crippen LogP contribution in [0.3, 0.4) is 0 Å². The molecule has 3 aromatic rings. The van der Waals surface area contributed by atoms with E-state index in [0.717, 1.165) is 0 Å². The minimum absolute atomic E-state index is 0.0108. The van der Waals surface area contributed by atoms with Gasteiger partial charge in [0.05, 0.1) is 7.11 Å². The molecule has 0 spiro atoms. The van der Waals surface area contributed by atoms with Crippen LogP contribution in [0.25, 0.3) is 11.7 Å². The van der Waals surface area contributed by atoms with Crippen LogP contribution in [0.1, 0.15) is 10.4 Å². The molecule has 1 N–H and O–H groups in total. The Balaban J connectivity index is 1.72. The highest BCUT2D eigenvalue weighted by atomic mass is 79.9. The van der Waals surface area contributed by atoms with Gasteiger partial charge in [0.25, 0.3) is 11.8 Å². The van der Waals surface area contributed by atoms with Crippen molar-refractivity contribution < 1.29 is 18.4 Å². The van der Waals surface area contributed by atoms with Gasteiger partial charge in [0.2, 0.25) is 0 Å². The molecule has 2 aromatic heterocycles. The molecular weight excluding hydrogens is 354 g/mol. The fourth-order valence-electron chi connectivity index (χ4n) is 1.71. The summed E-state index contributed by atoms with van der Waals surface area (Å²) in [5.41, 5.74) is 0.446. The number of anilines is 1. The number of hydrogen-bond donors (Lipinski definition) is 1. The summed E-state index contributed by atoms with van der Waals surface area (Å²) < 4.78 is 16.2. The fraction of sp³-hybridized carbons (Fsp3) is 0.0714. The first-order valence-corrected chi connectivity index (χ1v) is 6.99. The summed E-state index contributed by atoms with van der Waals surface area (Å²) >= 11 is 3.18. The molecule has 0 unspecified atom stereocenters. The van der Waals surface area contributed by atoms with Crippen LogP contribution in [0.4, 0.5) is 6.01 Å². The van der Waals surface area contributed by atoms with E-state index in [-0.39, 0.29) is 17.8 Å². The summed E-state index contributed by atoms with van der Waals surface area (Å²) in [4.78, 5) is 12.1. The molecule has 0 aliphatic rings. The van der Waals surface area contributed by atoms with E-state index in [9.17, 15) is 4.79 Å². The van der Waals surface area contributed by atoms with Gasteiger partial charge < -0.3 is 13.6 Å². The summed E-state index contributed by atoms with van der Waals surface area (Å²) in [6.45, 7) is 0. The van der Waals surface area contributed by atoms with Crippen LogP contribution in [-0.4, -0.2) is 23.2 Å². The van der Waals surface area contributed by atoms with E-state index >= 15 is 0 Å². The Hall–Kier alpha value is -2.61. The maximum atomic E-state index is 12.1. The number of rotatable bonds is 4. The number of hydrogen-bond acceptors (Lipinski definition) is 6. The van der Waals surface area contributed by atoms with Gasteiger partial charge in [-0.1, -0.05) is 5.10 Å². The van der Waals surface area contributed by atoms with Gasteiger partial charge in [-0.05, 0) is 52.3 Å². The molecular formula is C14H10BrN3O4. The van der Waals surface area contributed by atoms with Gasteiger partial charge in [0.1, 0.15) is 5.75 Å². The molecule has 7 nitrogen and oxygen atoms in total. The fourth-order valence-corrected chi connectivity index (χ4v) is 2.02. The number of methoxy groups -OCH3 is 1. The first-order valence-electron chi connectivity index (χ1n) is 6.20. The van der Waals surface area contributed by atoms with Crippen LogP contribution in [0.5, 0.6) is 5.75 Å². The molecule has 8 heteroatoms. The SMILES string of the molecule is COc1ccc(C(=O)Nc2nnc(-c3ccc(Br)o3)o2)cc1. The van der Waals surface area contributed by atoms with E-state index in [1.54, 1.807) is 43.5 Å². The van der Waals surface area contributed by atoms with Crippen molar-refractivity contribution in [2.45, 2.75) is 0 Å². The quantitative estimate of drug-likeness (QED) is 0.764. The molecule has 1 amide bonds. The molecule has 0 radical (unpaired) electrons. The Bertz CT molecular complexity index is 795. The molecule has 0 aliphatic heterocycles. The van der Waals surface area contributed by atoms with Gasteiger partial charge in [-0.25, -0.2) is 0 Å². The van der Waals surface area contributed by atoms with Crippen molar-refractivity contribution in [1.29, 1.82) is 0 Å². The first kappa shape index (κ1) is 14.3. The van der Waals surface area contributed by atoms with Gasteiger partial charge in [-0.3, -0.25) is 10.1 Å². The van der Waals surface area contributed by atoms with E-state index < -0.39 is 0 Å². The Morgan fingerprint density at radius 2 is 1.91 bits per heavy atom. The third-order valence-electron chi connectivity index (χ3n) is 2.78. The van der Waals surface area contributed by atoms with Crippen molar-refractivity contribution in [2.24, 2.45) is 0 Å². The molecule has 0 saturated heterocycles. The number of benzene rings is 1. The lowest BCUT2D eigenvalue weighted by molar-refractivity contribution is 0.102. The average molecular weight is 364 g/mol. The molecule has 0 atom stereocenters. The zero-order valence-electron chi connectivity index (χ0n) is 11.4. The van der Waals surface area contributed by atoms with E-state index in [4.69, 9.17) is 13.6 Å².